The number of halogens is 3. The van der Waals surface area contributed by atoms with Crippen LogP contribution in [-0.4, -0.2) is 61.6 Å². The Bertz CT molecular complexity index is 1060. The summed E-state index contributed by atoms with van der Waals surface area (Å²) < 4.78 is 28.1. The first kappa shape index (κ1) is 22.2. The Morgan fingerprint density at radius 2 is 1.90 bits per heavy atom. The van der Waals surface area contributed by atoms with Crippen molar-refractivity contribution in [3.63, 3.8) is 0 Å². The summed E-state index contributed by atoms with van der Waals surface area (Å²) in [5.74, 6) is -1.65. The van der Waals surface area contributed by atoms with E-state index in [1.54, 1.807) is 0 Å². The van der Waals surface area contributed by atoms with Crippen LogP contribution in [0.15, 0.2) is 36.8 Å². The topological polar surface area (TPSA) is 87.9 Å². The van der Waals surface area contributed by atoms with Crippen molar-refractivity contribution >= 4 is 60.4 Å². The molecule has 8 radical (unpaired) electrons. The van der Waals surface area contributed by atoms with Crippen LogP contribution in [0.2, 0.25) is 5.02 Å². The van der Waals surface area contributed by atoms with Gasteiger partial charge in [-0.3, -0.25) is 4.68 Å². The van der Waals surface area contributed by atoms with Crippen molar-refractivity contribution in [2.24, 2.45) is 0 Å². The van der Waals surface area contributed by atoms with Crippen LogP contribution >= 0.6 is 11.6 Å². The second-order valence-electron chi connectivity index (χ2n) is 6.41. The number of hydrogen-bond donors (Lipinski definition) is 3. The number of anilines is 3. The van der Waals surface area contributed by atoms with Gasteiger partial charge in [-0.1, -0.05) is 23.7 Å². The first-order valence-corrected chi connectivity index (χ1v) is 8.76. The molecular formula is C16H11B4ClF2N6O. The van der Waals surface area contributed by atoms with Crippen molar-refractivity contribution in [1.82, 2.24) is 19.7 Å². The average Bonchev–Trinajstić information content (AvgIpc) is 3.13. The van der Waals surface area contributed by atoms with E-state index in [1.165, 1.54) is 30.7 Å². The molecule has 0 bridgehead atoms. The maximum Gasteiger partial charge on any atom is 0.229 e. The molecule has 0 aliphatic heterocycles. The SMILES string of the molecule is [B]C([B])(O)C([B])([B])n1cc(Nc2ncc(Cl)c(NCc3cccc(F)c3F)n2)cn1. The van der Waals surface area contributed by atoms with E-state index in [1.807, 2.05) is 0 Å². The summed E-state index contributed by atoms with van der Waals surface area (Å²) in [6.45, 7) is -0.0633. The highest BCUT2D eigenvalue weighted by Crippen LogP contribution is 2.24. The van der Waals surface area contributed by atoms with Crippen molar-refractivity contribution in [3.05, 3.63) is 59.0 Å². The van der Waals surface area contributed by atoms with Crippen LogP contribution in [0.5, 0.6) is 0 Å². The van der Waals surface area contributed by atoms with E-state index in [0.29, 0.717) is 5.69 Å². The van der Waals surface area contributed by atoms with Crippen LogP contribution < -0.4 is 10.6 Å². The number of nitrogens with one attached hydrogen (secondary N) is 2. The third kappa shape index (κ3) is 4.62. The summed E-state index contributed by atoms with van der Waals surface area (Å²) in [6, 6.07) is 3.84. The zero-order valence-electron chi connectivity index (χ0n) is 15.4. The maximum absolute atomic E-state index is 13.8. The average molecular weight is 420 g/mol. The van der Waals surface area contributed by atoms with Crippen molar-refractivity contribution < 1.29 is 13.9 Å². The van der Waals surface area contributed by atoms with Gasteiger partial charge >= 0.3 is 0 Å². The van der Waals surface area contributed by atoms with E-state index in [-0.39, 0.29) is 28.9 Å². The first-order chi connectivity index (χ1) is 14.0. The molecule has 0 unspecified atom stereocenters. The van der Waals surface area contributed by atoms with Crippen molar-refractivity contribution in [2.75, 3.05) is 10.6 Å². The molecule has 0 aliphatic carbocycles. The third-order valence-electron chi connectivity index (χ3n) is 4.08. The molecule has 3 N–H and O–H groups in total. The molecule has 3 rings (SSSR count). The van der Waals surface area contributed by atoms with Gasteiger partial charge in [0.15, 0.2) is 17.5 Å². The summed E-state index contributed by atoms with van der Waals surface area (Å²) >= 11 is 6.06. The fourth-order valence-corrected chi connectivity index (χ4v) is 2.48. The Morgan fingerprint density at radius 3 is 2.60 bits per heavy atom. The van der Waals surface area contributed by atoms with Crippen molar-refractivity contribution in [3.8, 4) is 0 Å². The third-order valence-corrected chi connectivity index (χ3v) is 4.36. The van der Waals surface area contributed by atoms with Gasteiger partial charge in [0.05, 0.1) is 33.8 Å². The van der Waals surface area contributed by atoms with E-state index in [4.69, 9.17) is 43.0 Å². The Kier molecular flexibility index (Phi) is 6.14. The summed E-state index contributed by atoms with van der Waals surface area (Å²) in [7, 11) is 22.1. The predicted molar refractivity (Wildman–Crippen MR) is 112 cm³/mol. The minimum Gasteiger partial charge on any atom is -0.408 e. The minimum atomic E-state index is -2.45. The van der Waals surface area contributed by atoms with Gasteiger partial charge < -0.3 is 15.7 Å². The Morgan fingerprint density at radius 1 is 1.17 bits per heavy atom. The Balaban J connectivity index is 1.75. The number of hydrogen-bond acceptors (Lipinski definition) is 6. The number of benzene rings is 1. The summed E-state index contributed by atoms with van der Waals surface area (Å²) in [6.07, 6.45) is 3.94. The molecule has 14 heteroatoms. The monoisotopic (exact) mass is 420 g/mol. The largest absolute Gasteiger partial charge is 0.408 e. The fraction of sp³-hybridized carbons (Fsp3) is 0.188. The predicted octanol–water partition coefficient (Wildman–Crippen LogP) is 0.891. The molecule has 0 atom stereocenters. The summed E-state index contributed by atoms with van der Waals surface area (Å²) in [5, 5.41) is 14.8. The molecule has 30 heavy (non-hydrogen) atoms. The zero-order valence-corrected chi connectivity index (χ0v) is 16.1. The van der Waals surface area contributed by atoms with Crippen LogP contribution in [-0.2, 0) is 11.9 Å². The van der Waals surface area contributed by atoms with Gasteiger partial charge in [0.2, 0.25) is 5.95 Å². The second-order valence-corrected chi connectivity index (χ2v) is 6.81. The smallest absolute Gasteiger partial charge is 0.229 e. The fourth-order valence-electron chi connectivity index (χ4n) is 2.32. The van der Waals surface area contributed by atoms with Crippen molar-refractivity contribution in [2.45, 2.75) is 17.3 Å². The minimum absolute atomic E-state index is 0.0633. The first-order valence-electron chi connectivity index (χ1n) is 8.38. The number of rotatable bonds is 7. The van der Waals surface area contributed by atoms with Gasteiger partial charge in [0, 0.05) is 18.3 Å². The lowest BCUT2D eigenvalue weighted by Crippen LogP contribution is -2.58. The van der Waals surface area contributed by atoms with Crippen LogP contribution in [0, 0.1) is 11.6 Å². The normalized spacial score (nSPS) is 12.0. The second kappa shape index (κ2) is 8.31. The van der Waals surface area contributed by atoms with Gasteiger partial charge in [0.25, 0.3) is 0 Å². The summed E-state index contributed by atoms with van der Waals surface area (Å²) in [5.41, 5.74) is 0.433. The standard InChI is InChI=1S/C16H11B4ClF2N6O/c17-15(18,16(19,20)30)29-7-9(5-26-29)27-14-25-6-10(21)13(28-14)24-4-8-2-1-3-11(22)12(8)23/h1-3,5-7,30H,4H2,(H2,24,25,27,28). The Hall–Kier alpha value is -2.52. The number of aromatic nitrogens is 4. The van der Waals surface area contributed by atoms with Crippen molar-refractivity contribution in [1.29, 1.82) is 0 Å². The van der Waals surface area contributed by atoms with E-state index in [0.717, 1.165) is 10.7 Å². The molecule has 1 aromatic carbocycles. The van der Waals surface area contributed by atoms with E-state index >= 15 is 0 Å². The molecule has 3 aromatic rings. The molecule has 0 fully saturated rings. The van der Waals surface area contributed by atoms with Gasteiger partial charge in [0.1, 0.15) is 20.7 Å². The number of aliphatic hydroxyl groups is 1. The lowest BCUT2D eigenvalue weighted by atomic mass is 9.40. The lowest BCUT2D eigenvalue weighted by Gasteiger charge is -2.40. The molecule has 7 nitrogen and oxygen atoms in total. The quantitative estimate of drug-likeness (QED) is 0.493. The highest BCUT2D eigenvalue weighted by Gasteiger charge is 2.35. The van der Waals surface area contributed by atoms with Gasteiger partial charge in [-0.25, -0.2) is 13.8 Å². The lowest BCUT2D eigenvalue weighted by molar-refractivity contribution is 0.156. The highest BCUT2D eigenvalue weighted by atomic mass is 35.5. The van der Waals surface area contributed by atoms with Crippen LogP contribution in [0.3, 0.4) is 0 Å². The summed E-state index contributed by atoms with van der Waals surface area (Å²) in [4.78, 5) is 8.19. The molecular weight excluding hydrogens is 409 g/mol. The molecule has 0 spiro atoms. The zero-order chi connectivity index (χ0) is 22.1. The molecule has 2 heterocycles. The van der Waals surface area contributed by atoms with Gasteiger partial charge in [-0.15, -0.1) is 0 Å². The van der Waals surface area contributed by atoms with Gasteiger partial charge in [-0.2, -0.15) is 10.1 Å². The van der Waals surface area contributed by atoms with E-state index in [9.17, 15) is 13.9 Å². The maximum atomic E-state index is 13.8. The number of nitrogens with zero attached hydrogens (tertiary/aromatic N) is 4. The Labute approximate surface area is 181 Å². The van der Waals surface area contributed by atoms with Crippen LogP contribution in [0.1, 0.15) is 5.56 Å². The molecule has 2 aromatic heterocycles. The highest BCUT2D eigenvalue weighted by molar-refractivity contribution is 6.52. The van der Waals surface area contributed by atoms with E-state index in [2.05, 4.69) is 25.7 Å². The van der Waals surface area contributed by atoms with Crippen LogP contribution in [0.4, 0.5) is 26.2 Å². The molecule has 0 saturated heterocycles. The molecule has 0 amide bonds. The van der Waals surface area contributed by atoms with E-state index < -0.39 is 22.4 Å². The van der Waals surface area contributed by atoms with Gasteiger partial charge in [-0.05, 0) is 16.8 Å². The van der Waals surface area contributed by atoms with Crippen LogP contribution in [0.25, 0.3) is 0 Å². The molecule has 0 saturated carbocycles. The molecule has 0 aliphatic rings. The molecule has 144 valence electrons.